The molecule has 0 fully saturated rings. The minimum absolute atomic E-state index is 0.00735. The van der Waals surface area contributed by atoms with Crippen molar-refractivity contribution in [3.63, 3.8) is 0 Å². The Hall–Kier alpha value is -3.88. The summed E-state index contributed by atoms with van der Waals surface area (Å²) in [6.45, 7) is 4.93. The minimum Gasteiger partial charge on any atom is -0.493 e. The fourth-order valence-electron chi connectivity index (χ4n) is 3.69. The third kappa shape index (κ3) is 5.92. The smallest absolute Gasteiger partial charge is 0.261 e. The molecule has 0 saturated heterocycles. The van der Waals surface area contributed by atoms with E-state index in [4.69, 9.17) is 9.47 Å². The van der Waals surface area contributed by atoms with Crippen LogP contribution >= 0.6 is 0 Å². The summed E-state index contributed by atoms with van der Waals surface area (Å²) in [7, 11) is 3.04. The van der Waals surface area contributed by atoms with Crippen LogP contribution in [0, 0.1) is 0 Å². The van der Waals surface area contributed by atoms with E-state index in [9.17, 15) is 14.4 Å². The molecular weight excluding hydrogens is 436 g/mol. The van der Waals surface area contributed by atoms with E-state index >= 15 is 0 Å². The number of rotatable bonds is 10. The van der Waals surface area contributed by atoms with Crippen LogP contribution in [0.2, 0.25) is 0 Å². The standard InChI is InChI=1S/C25H30N4O5/c1-5-28(17(2)30)15-18-8-6-9-19(12-18)27-24(31)10-7-11-29-16-26-21-14-23(34-4)22(33-3)13-20(21)25(29)32/h6,8-9,12-14,16H,5,7,10-11,15H2,1-4H3,(H,27,31). The van der Waals surface area contributed by atoms with Crippen LogP contribution in [0.25, 0.3) is 10.9 Å². The van der Waals surface area contributed by atoms with Crippen LogP contribution < -0.4 is 20.3 Å². The van der Waals surface area contributed by atoms with Crippen LogP contribution in [0.4, 0.5) is 5.69 Å². The van der Waals surface area contributed by atoms with E-state index in [2.05, 4.69) is 10.3 Å². The number of aromatic nitrogens is 2. The van der Waals surface area contributed by atoms with Gasteiger partial charge in [-0.05, 0) is 37.1 Å². The number of methoxy groups -OCH3 is 2. The lowest BCUT2D eigenvalue weighted by molar-refractivity contribution is -0.129. The molecule has 1 aromatic heterocycles. The quantitative estimate of drug-likeness (QED) is 0.492. The van der Waals surface area contributed by atoms with Crippen LogP contribution in [-0.2, 0) is 22.7 Å². The van der Waals surface area contributed by atoms with Crippen molar-refractivity contribution in [2.75, 3.05) is 26.1 Å². The molecule has 0 saturated carbocycles. The molecule has 3 rings (SSSR count). The fourth-order valence-corrected chi connectivity index (χ4v) is 3.69. The third-order valence-electron chi connectivity index (χ3n) is 5.54. The van der Waals surface area contributed by atoms with Crippen molar-refractivity contribution in [3.8, 4) is 11.5 Å². The molecule has 0 unspecified atom stereocenters. The number of nitrogens with zero attached hydrogens (tertiary/aromatic N) is 3. The molecule has 34 heavy (non-hydrogen) atoms. The lowest BCUT2D eigenvalue weighted by Gasteiger charge is -2.19. The number of carbonyl (C=O) groups is 2. The van der Waals surface area contributed by atoms with E-state index in [-0.39, 0.29) is 23.8 Å². The molecule has 0 spiro atoms. The summed E-state index contributed by atoms with van der Waals surface area (Å²) in [6.07, 6.45) is 2.20. The van der Waals surface area contributed by atoms with Gasteiger partial charge in [0, 0.05) is 44.7 Å². The van der Waals surface area contributed by atoms with Crippen molar-refractivity contribution in [2.24, 2.45) is 0 Å². The van der Waals surface area contributed by atoms with E-state index in [0.29, 0.717) is 54.1 Å². The predicted molar refractivity (Wildman–Crippen MR) is 130 cm³/mol. The van der Waals surface area contributed by atoms with Crippen molar-refractivity contribution in [1.29, 1.82) is 0 Å². The number of fused-ring (bicyclic) bond motifs is 1. The first-order valence-corrected chi connectivity index (χ1v) is 11.1. The average Bonchev–Trinajstić information content (AvgIpc) is 2.83. The van der Waals surface area contributed by atoms with Gasteiger partial charge < -0.3 is 19.7 Å². The van der Waals surface area contributed by atoms with E-state index in [1.165, 1.54) is 25.1 Å². The molecule has 2 amide bonds. The fraction of sp³-hybridized carbons (Fsp3) is 0.360. The molecule has 3 aromatic rings. The second-order valence-corrected chi connectivity index (χ2v) is 7.85. The monoisotopic (exact) mass is 466 g/mol. The largest absolute Gasteiger partial charge is 0.493 e. The van der Waals surface area contributed by atoms with Crippen molar-refractivity contribution in [3.05, 3.63) is 58.6 Å². The lowest BCUT2D eigenvalue weighted by Crippen LogP contribution is -2.27. The molecule has 9 heteroatoms. The van der Waals surface area contributed by atoms with Gasteiger partial charge in [-0.15, -0.1) is 0 Å². The van der Waals surface area contributed by atoms with Crippen LogP contribution in [0.15, 0.2) is 47.5 Å². The minimum atomic E-state index is -0.204. The van der Waals surface area contributed by atoms with Gasteiger partial charge in [0.1, 0.15) is 0 Å². The summed E-state index contributed by atoms with van der Waals surface area (Å²) >= 11 is 0. The SMILES string of the molecule is CCN(Cc1cccc(NC(=O)CCCn2cnc3cc(OC)c(OC)cc3c2=O)c1)C(C)=O. The summed E-state index contributed by atoms with van der Waals surface area (Å²) in [5, 5.41) is 3.31. The second-order valence-electron chi connectivity index (χ2n) is 7.85. The third-order valence-corrected chi connectivity index (χ3v) is 5.54. The molecule has 0 bridgehead atoms. The zero-order valence-electron chi connectivity index (χ0n) is 20.0. The summed E-state index contributed by atoms with van der Waals surface area (Å²) in [5.74, 6) is 0.819. The van der Waals surface area contributed by atoms with Gasteiger partial charge in [0.05, 0.1) is 31.4 Å². The first-order chi connectivity index (χ1) is 16.4. The zero-order valence-corrected chi connectivity index (χ0v) is 20.0. The Morgan fingerprint density at radius 3 is 2.53 bits per heavy atom. The number of anilines is 1. The van der Waals surface area contributed by atoms with Crippen LogP contribution in [-0.4, -0.2) is 47.0 Å². The van der Waals surface area contributed by atoms with Gasteiger partial charge in [0.15, 0.2) is 11.5 Å². The normalized spacial score (nSPS) is 10.7. The maximum absolute atomic E-state index is 12.9. The van der Waals surface area contributed by atoms with Crippen LogP contribution in [0.3, 0.4) is 0 Å². The number of amides is 2. The Bertz CT molecular complexity index is 1240. The summed E-state index contributed by atoms with van der Waals surface area (Å²) in [6, 6.07) is 10.7. The molecule has 1 heterocycles. The first kappa shape index (κ1) is 24.8. The Kier molecular flexibility index (Phi) is 8.24. The van der Waals surface area contributed by atoms with E-state index in [1.54, 1.807) is 24.0 Å². The Labute approximate surface area is 198 Å². The van der Waals surface area contributed by atoms with Crippen LogP contribution in [0.1, 0.15) is 32.3 Å². The first-order valence-electron chi connectivity index (χ1n) is 11.1. The zero-order chi connectivity index (χ0) is 24.7. The lowest BCUT2D eigenvalue weighted by atomic mass is 10.1. The molecular formula is C25H30N4O5. The number of carbonyl (C=O) groups excluding carboxylic acids is 2. The number of hydrogen-bond acceptors (Lipinski definition) is 6. The Morgan fingerprint density at radius 1 is 1.12 bits per heavy atom. The number of benzene rings is 2. The highest BCUT2D eigenvalue weighted by Crippen LogP contribution is 2.29. The molecule has 0 aliphatic rings. The Balaban J connectivity index is 1.61. The number of aryl methyl sites for hydroxylation is 1. The maximum atomic E-state index is 12.9. The number of hydrogen-bond donors (Lipinski definition) is 1. The van der Waals surface area contributed by atoms with Crippen molar-refractivity contribution in [1.82, 2.24) is 14.5 Å². The summed E-state index contributed by atoms with van der Waals surface area (Å²) in [5.41, 5.74) is 1.93. The highest BCUT2D eigenvalue weighted by atomic mass is 16.5. The van der Waals surface area contributed by atoms with Crippen molar-refractivity contribution < 1.29 is 19.1 Å². The molecule has 0 aliphatic carbocycles. The van der Waals surface area contributed by atoms with Gasteiger partial charge in [0.2, 0.25) is 11.8 Å². The number of ether oxygens (including phenoxy) is 2. The van der Waals surface area contributed by atoms with E-state index in [1.807, 2.05) is 31.2 Å². The van der Waals surface area contributed by atoms with E-state index in [0.717, 1.165) is 5.56 Å². The van der Waals surface area contributed by atoms with Gasteiger partial charge in [-0.1, -0.05) is 12.1 Å². The van der Waals surface area contributed by atoms with Crippen LogP contribution in [0.5, 0.6) is 11.5 Å². The van der Waals surface area contributed by atoms with Gasteiger partial charge in [0.25, 0.3) is 5.56 Å². The molecule has 0 atom stereocenters. The maximum Gasteiger partial charge on any atom is 0.261 e. The Morgan fingerprint density at radius 2 is 1.85 bits per heavy atom. The van der Waals surface area contributed by atoms with Gasteiger partial charge in [-0.2, -0.15) is 0 Å². The predicted octanol–water partition coefficient (Wildman–Crippen LogP) is 3.20. The average molecular weight is 467 g/mol. The van der Waals surface area contributed by atoms with Gasteiger partial charge in [-0.25, -0.2) is 4.98 Å². The molecule has 2 aromatic carbocycles. The van der Waals surface area contributed by atoms with E-state index < -0.39 is 0 Å². The highest BCUT2D eigenvalue weighted by molar-refractivity contribution is 5.90. The molecule has 0 radical (unpaired) electrons. The highest BCUT2D eigenvalue weighted by Gasteiger charge is 2.12. The summed E-state index contributed by atoms with van der Waals surface area (Å²) in [4.78, 5) is 43.0. The molecule has 0 aliphatic heterocycles. The molecule has 180 valence electrons. The second kappa shape index (κ2) is 11.3. The van der Waals surface area contributed by atoms with Gasteiger partial charge in [-0.3, -0.25) is 19.0 Å². The molecule has 1 N–H and O–H groups in total. The van der Waals surface area contributed by atoms with Crippen molar-refractivity contribution in [2.45, 2.75) is 39.8 Å². The number of nitrogens with one attached hydrogen (secondary N) is 1. The van der Waals surface area contributed by atoms with Crippen molar-refractivity contribution >= 4 is 28.4 Å². The van der Waals surface area contributed by atoms with Gasteiger partial charge >= 0.3 is 0 Å². The molecule has 9 nitrogen and oxygen atoms in total. The topological polar surface area (TPSA) is 103 Å². The summed E-state index contributed by atoms with van der Waals surface area (Å²) < 4.78 is 12.0.